The van der Waals surface area contributed by atoms with Gasteiger partial charge in [-0.3, -0.25) is 9.59 Å². The molecule has 0 bridgehead atoms. The molecular formula is C25H22N2O5S. The molecule has 168 valence electrons. The second-order valence-corrected chi connectivity index (χ2v) is 9.36. The Hall–Kier alpha value is -3.52. The van der Waals surface area contributed by atoms with Crippen LogP contribution in [0.15, 0.2) is 53.9 Å². The third kappa shape index (κ3) is 3.16. The number of benzene rings is 2. The number of hydrogen-bond acceptors (Lipinski definition) is 6. The van der Waals surface area contributed by atoms with E-state index >= 15 is 0 Å². The van der Waals surface area contributed by atoms with Gasteiger partial charge in [-0.05, 0) is 35.6 Å². The van der Waals surface area contributed by atoms with Crippen LogP contribution >= 0.6 is 11.3 Å². The highest BCUT2D eigenvalue weighted by Gasteiger charge is 2.57. The highest BCUT2D eigenvalue weighted by Crippen LogP contribution is 2.54. The summed E-state index contributed by atoms with van der Waals surface area (Å²) in [5.74, 6) is 1.92. The first-order valence-corrected chi connectivity index (χ1v) is 11.8. The molecule has 0 saturated heterocycles. The van der Waals surface area contributed by atoms with Crippen molar-refractivity contribution in [1.29, 1.82) is 0 Å². The zero-order valence-corrected chi connectivity index (χ0v) is 18.7. The molecule has 0 radical (unpaired) electrons. The van der Waals surface area contributed by atoms with Gasteiger partial charge in [0.2, 0.25) is 18.6 Å². The Kier molecular flexibility index (Phi) is 4.76. The second-order valence-electron chi connectivity index (χ2n) is 8.33. The molecule has 1 spiro atoms. The Morgan fingerprint density at radius 2 is 1.88 bits per heavy atom. The molecule has 3 aromatic rings. The molecule has 2 amide bonds. The molecule has 3 aliphatic rings. The molecule has 33 heavy (non-hydrogen) atoms. The van der Waals surface area contributed by atoms with Crippen LogP contribution in [0.5, 0.6) is 17.2 Å². The minimum atomic E-state index is -0.894. The number of amides is 2. The molecule has 1 aromatic heterocycles. The Morgan fingerprint density at radius 3 is 2.73 bits per heavy atom. The fourth-order valence-corrected chi connectivity index (χ4v) is 5.59. The van der Waals surface area contributed by atoms with Crippen molar-refractivity contribution in [2.45, 2.75) is 18.3 Å². The Labute approximate surface area is 194 Å². The highest BCUT2D eigenvalue weighted by atomic mass is 32.1. The van der Waals surface area contributed by atoms with Gasteiger partial charge in [0.25, 0.3) is 0 Å². The molecule has 2 aromatic carbocycles. The van der Waals surface area contributed by atoms with Crippen molar-refractivity contribution in [3.63, 3.8) is 0 Å². The summed E-state index contributed by atoms with van der Waals surface area (Å²) in [5.41, 5.74) is 1.75. The van der Waals surface area contributed by atoms with Crippen LogP contribution in [0.2, 0.25) is 0 Å². The molecule has 0 aliphatic carbocycles. The number of anilines is 1. The number of rotatable bonds is 6. The normalized spacial score (nSPS) is 19.5. The molecular weight excluding hydrogens is 440 g/mol. The van der Waals surface area contributed by atoms with Crippen LogP contribution in [0, 0.1) is 0 Å². The van der Waals surface area contributed by atoms with Gasteiger partial charge in [-0.2, -0.15) is 0 Å². The van der Waals surface area contributed by atoms with E-state index in [1.165, 1.54) is 0 Å². The lowest BCUT2D eigenvalue weighted by Crippen LogP contribution is -2.43. The standard InChI is InChI=1S/C25H22N2O5S/c28-23(11-16-5-3-10-33-16)26-8-4-9-27-19-7-2-1-6-17(19)25(24(27)29)14-30-20-13-22-21(12-18(20)25)31-15-32-22/h1-3,5-7,10,12-13H,4,8-9,11,14-15H2,(H,26,28). The van der Waals surface area contributed by atoms with Crippen molar-refractivity contribution in [3.05, 3.63) is 69.9 Å². The van der Waals surface area contributed by atoms with E-state index in [0.717, 1.165) is 21.7 Å². The molecule has 1 unspecified atom stereocenters. The fraction of sp³-hybridized carbons (Fsp3) is 0.280. The molecule has 8 heteroatoms. The van der Waals surface area contributed by atoms with Gasteiger partial charge in [0.15, 0.2) is 11.5 Å². The number of nitrogens with zero attached hydrogens (tertiary/aromatic N) is 1. The summed E-state index contributed by atoms with van der Waals surface area (Å²) in [6, 6.07) is 15.5. The first-order valence-electron chi connectivity index (χ1n) is 10.9. The summed E-state index contributed by atoms with van der Waals surface area (Å²) >= 11 is 1.57. The largest absolute Gasteiger partial charge is 0.491 e. The van der Waals surface area contributed by atoms with Gasteiger partial charge < -0.3 is 24.4 Å². The average molecular weight is 463 g/mol. The number of nitrogens with one attached hydrogen (secondary N) is 1. The molecule has 0 saturated carbocycles. The maximum atomic E-state index is 13.9. The van der Waals surface area contributed by atoms with Crippen LogP contribution in [0.25, 0.3) is 0 Å². The summed E-state index contributed by atoms with van der Waals surface area (Å²) < 4.78 is 17.1. The summed E-state index contributed by atoms with van der Waals surface area (Å²) in [6.07, 6.45) is 1.04. The Morgan fingerprint density at radius 1 is 1.03 bits per heavy atom. The minimum Gasteiger partial charge on any atom is -0.491 e. The smallest absolute Gasteiger partial charge is 0.245 e. The van der Waals surface area contributed by atoms with Crippen molar-refractivity contribution >= 4 is 28.8 Å². The van der Waals surface area contributed by atoms with E-state index in [2.05, 4.69) is 5.32 Å². The third-order valence-corrected chi connectivity index (χ3v) is 7.32. The zero-order chi connectivity index (χ0) is 22.4. The SMILES string of the molecule is O=C(Cc1cccs1)NCCCN1C(=O)C2(COc3cc4c(cc32)OCO4)c2ccccc21. The van der Waals surface area contributed by atoms with Crippen molar-refractivity contribution < 1.29 is 23.8 Å². The zero-order valence-electron chi connectivity index (χ0n) is 17.8. The lowest BCUT2D eigenvalue weighted by molar-refractivity contribution is -0.122. The van der Waals surface area contributed by atoms with Gasteiger partial charge in [-0.1, -0.05) is 24.3 Å². The van der Waals surface area contributed by atoms with Gasteiger partial charge in [0.1, 0.15) is 17.8 Å². The van der Waals surface area contributed by atoms with Gasteiger partial charge in [0, 0.05) is 35.3 Å². The number of para-hydroxylation sites is 1. The summed E-state index contributed by atoms with van der Waals surface area (Å²) in [4.78, 5) is 28.9. The van der Waals surface area contributed by atoms with Crippen LogP contribution in [0.4, 0.5) is 5.69 Å². The maximum Gasteiger partial charge on any atom is 0.245 e. The number of carbonyl (C=O) groups is 2. The first-order chi connectivity index (χ1) is 16.2. The van der Waals surface area contributed by atoms with E-state index in [-0.39, 0.29) is 25.2 Å². The van der Waals surface area contributed by atoms with Crippen LogP contribution in [-0.2, 0) is 21.4 Å². The lowest BCUT2D eigenvalue weighted by Gasteiger charge is -2.23. The van der Waals surface area contributed by atoms with Crippen molar-refractivity contribution in [2.75, 3.05) is 31.4 Å². The summed E-state index contributed by atoms with van der Waals surface area (Å²) in [7, 11) is 0. The summed E-state index contributed by atoms with van der Waals surface area (Å²) in [5, 5.41) is 4.93. The summed E-state index contributed by atoms with van der Waals surface area (Å²) in [6.45, 7) is 1.43. The second kappa shape index (κ2) is 7.81. The molecule has 0 fully saturated rings. The predicted molar refractivity (Wildman–Crippen MR) is 123 cm³/mol. The molecule has 6 rings (SSSR count). The van der Waals surface area contributed by atoms with E-state index in [9.17, 15) is 9.59 Å². The maximum absolute atomic E-state index is 13.9. The number of ether oxygens (including phenoxy) is 3. The average Bonchev–Trinajstić information content (AvgIpc) is 3.60. The van der Waals surface area contributed by atoms with Crippen LogP contribution in [-0.4, -0.2) is 38.3 Å². The van der Waals surface area contributed by atoms with E-state index in [1.807, 2.05) is 58.8 Å². The van der Waals surface area contributed by atoms with Gasteiger partial charge in [0.05, 0.1) is 6.42 Å². The van der Waals surface area contributed by atoms with Crippen molar-refractivity contribution in [2.24, 2.45) is 0 Å². The quantitative estimate of drug-likeness (QED) is 0.569. The van der Waals surface area contributed by atoms with E-state index in [1.54, 1.807) is 11.3 Å². The molecule has 3 aliphatic heterocycles. The lowest BCUT2D eigenvalue weighted by atomic mass is 9.77. The number of carbonyl (C=O) groups excluding carboxylic acids is 2. The highest BCUT2D eigenvalue weighted by molar-refractivity contribution is 7.10. The van der Waals surface area contributed by atoms with Gasteiger partial charge in [-0.15, -0.1) is 11.3 Å². The predicted octanol–water partition coefficient (Wildman–Crippen LogP) is 3.25. The molecule has 1 N–H and O–H groups in total. The third-order valence-electron chi connectivity index (χ3n) is 6.44. The monoisotopic (exact) mass is 462 g/mol. The van der Waals surface area contributed by atoms with Crippen LogP contribution in [0.3, 0.4) is 0 Å². The van der Waals surface area contributed by atoms with E-state index < -0.39 is 5.41 Å². The Bertz CT molecular complexity index is 1240. The van der Waals surface area contributed by atoms with Crippen molar-refractivity contribution in [3.8, 4) is 17.2 Å². The van der Waals surface area contributed by atoms with Gasteiger partial charge in [-0.25, -0.2) is 0 Å². The molecule has 7 nitrogen and oxygen atoms in total. The number of thiophene rings is 1. The van der Waals surface area contributed by atoms with Crippen LogP contribution < -0.4 is 24.4 Å². The first kappa shape index (κ1) is 20.1. The number of fused-ring (bicyclic) bond motifs is 5. The van der Waals surface area contributed by atoms with Crippen molar-refractivity contribution in [1.82, 2.24) is 5.32 Å². The Balaban J connectivity index is 1.21. The van der Waals surface area contributed by atoms with Gasteiger partial charge >= 0.3 is 0 Å². The molecule has 1 atom stereocenters. The van der Waals surface area contributed by atoms with E-state index in [0.29, 0.717) is 43.2 Å². The molecule has 4 heterocycles. The van der Waals surface area contributed by atoms with Crippen LogP contribution in [0.1, 0.15) is 22.4 Å². The number of hydrogen-bond donors (Lipinski definition) is 1. The topological polar surface area (TPSA) is 77.1 Å². The van der Waals surface area contributed by atoms with E-state index in [4.69, 9.17) is 14.2 Å². The fourth-order valence-electron chi connectivity index (χ4n) is 4.89. The minimum absolute atomic E-state index is 0.00346.